The first-order valence-corrected chi connectivity index (χ1v) is 5.47. The molecule has 0 heterocycles. The number of esters is 1. The number of ether oxygens (including phenoxy) is 2. The SMILES string of the molecule is CCOCCOC(=O)c1ccc(C)cc1C. The number of hydrogen-bond donors (Lipinski definition) is 0. The van der Waals surface area contributed by atoms with Gasteiger partial charge in [-0.15, -0.1) is 0 Å². The average Bonchev–Trinajstić information content (AvgIpc) is 2.24. The Hall–Kier alpha value is -1.35. The third kappa shape index (κ3) is 3.66. The zero-order valence-corrected chi connectivity index (χ0v) is 10.1. The van der Waals surface area contributed by atoms with Gasteiger partial charge in [0.05, 0.1) is 12.2 Å². The highest BCUT2D eigenvalue weighted by molar-refractivity contribution is 5.91. The maximum absolute atomic E-state index is 11.7. The molecule has 0 radical (unpaired) electrons. The first-order valence-electron chi connectivity index (χ1n) is 5.47. The lowest BCUT2D eigenvalue weighted by Gasteiger charge is -2.07. The molecule has 0 aliphatic carbocycles. The van der Waals surface area contributed by atoms with Gasteiger partial charge in [0, 0.05) is 6.61 Å². The Balaban J connectivity index is 2.53. The number of rotatable bonds is 5. The van der Waals surface area contributed by atoms with Gasteiger partial charge in [0.1, 0.15) is 6.61 Å². The van der Waals surface area contributed by atoms with E-state index in [9.17, 15) is 4.79 Å². The molecule has 0 unspecified atom stereocenters. The van der Waals surface area contributed by atoms with Gasteiger partial charge in [0.25, 0.3) is 0 Å². The van der Waals surface area contributed by atoms with E-state index in [1.165, 1.54) is 0 Å². The van der Waals surface area contributed by atoms with E-state index in [1.54, 1.807) is 6.07 Å². The van der Waals surface area contributed by atoms with E-state index in [-0.39, 0.29) is 5.97 Å². The number of hydrogen-bond acceptors (Lipinski definition) is 3. The van der Waals surface area contributed by atoms with Crippen LogP contribution in [0, 0.1) is 13.8 Å². The molecule has 0 N–H and O–H groups in total. The smallest absolute Gasteiger partial charge is 0.338 e. The molecule has 0 bridgehead atoms. The molecular formula is C13H18O3. The lowest BCUT2D eigenvalue weighted by molar-refractivity contribution is 0.0334. The van der Waals surface area contributed by atoms with Crippen molar-refractivity contribution in [1.29, 1.82) is 0 Å². The van der Waals surface area contributed by atoms with Gasteiger partial charge in [0.15, 0.2) is 0 Å². The molecular weight excluding hydrogens is 204 g/mol. The van der Waals surface area contributed by atoms with Crippen LogP contribution in [0.15, 0.2) is 18.2 Å². The molecule has 0 amide bonds. The minimum atomic E-state index is -0.280. The van der Waals surface area contributed by atoms with Gasteiger partial charge in [-0.2, -0.15) is 0 Å². The first kappa shape index (κ1) is 12.7. The van der Waals surface area contributed by atoms with E-state index in [2.05, 4.69) is 0 Å². The summed E-state index contributed by atoms with van der Waals surface area (Å²) in [5, 5.41) is 0. The molecule has 1 aromatic carbocycles. The van der Waals surface area contributed by atoms with Crippen molar-refractivity contribution in [3.63, 3.8) is 0 Å². The van der Waals surface area contributed by atoms with Crippen molar-refractivity contribution in [2.75, 3.05) is 19.8 Å². The summed E-state index contributed by atoms with van der Waals surface area (Å²) in [6, 6.07) is 5.68. The van der Waals surface area contributed by atoms with Crippen LogP contribution in [0.4, 0.5) is 0 Å². The van der Waals surface area contributed by atoms with Crippen LogP contribution < -0.4 is 0 Å². The molecule has 1 rings (SSSR count). The fraction of sp³-hybridized carbons (Fsp3) is 0.462. The molecule has 88 valence electrons. The van der Waals surface area contributed by atoms with Crippen molar-refractivity contribution in [3.05, 3.63) is 34.9 Å². The second-order valence-corrected chi connectivity index (χ2v) is 3.65. The largest absolute Gasteiger partial charge is 0.460 e. The highest BCUT2D eigenvalue weighted by Crippen LogP contribution is 2.11. The van der Waals surface area contributed by atoms with E-state index in [0.29, 0.717) is 25.4 Å². The maximum Gasteiger partial charge on any atom is 0.338 e. The lowest BCUT2D eigenvalue weighted by atomic mass is 10.1. The molecule has 0 fully saturated rings. The Morgan fingerprint density at radius 2 is 2.00 bits per heavy atom. The summed E-state index contributed by atoms with van der Waals surface area (Å²) in [6.07, 6.45) is 0. The van der Waals surface area contributed by atoms with Crippen LogP contribution in [-0.2, 0) is 9.47 Å². The van der Waals surface area contributed by atoms with Crippen LogP contribution in [0.5, 0.6) is 0 Å². The van der Waals surface area contributed by atoms with Crippen LogP contribution in [0.2, 0.25) is 0 Å². The second-order valence-electron chi connectivity index (χ2n) is 3.65. The highest BCUT2D eigenvalue weighted by atomic mass is 16.6. The van der Waals surface area contributed by atoms with Crippen molar-refractivity contribution in [3.8, 4) is 0 Å². The quantitative estimate of drug-likeness (QED) is 0.567. The highest BCUT2D eigenvalue weighted by Gasteiger charge is 2.09. The van der Waals surface area contributed by atoms with Crippen molar-refractivity contribution in [2.24, 2.45) is 0 Å². The van der Waals surface area contributed by atoms with Gasteiger partial charge in [-0.1, -0.05) is 17.7 Å². The van der Waals surface area contributed by atoms with Crippen molar-refractivity contribution < 1.29 is 14.3 Å². The molecule has 0 aliphatic heterocycles. The van der Waals surface area contributed by atoms with Crippen LogP contribution in [0.3, 0.4) is 0 Å². The van der Waals surface area contributed by atoms with E-state index in [0.717, 1.165) is 11.1 Å². The summed E-state index contributed by atoms with van der Waals surface area (Å²) in [5.74, 6) is -0.280. The molecule has 0 saturated carbocycles. The second kappa shape index (κ2) is 6.28. The zero-order valence-electron chi connectivity index (χ0n) is 10.1. The van der Waals surface area contributed by atoms with Gasteiger partial charge in [0.2, 0.25) is 0 Å². The van der Waals surface area contributed by atoms with Crippen LogP contribution in [-0.4, -0.2) is 25.8 Å². The van der Waals surface area contributed by atoms with Crippen molar-refractivity contribution >= 4 is 5.97 Å². The molecule has 0 aliphatic rings. The minimum absolute atomic E-state index is 0.280. The maximum atomic E-state index is 11.7. The van der Waals surface area contributed by atoms with E-state index in [1.807, 2.05) is 32.9 Å². The van der Waals surface area contributed by atoms with Crippen molar-refractivity contribution in [2.45, 2.75) is 20.8 Å². The summed E-state index contributed by atoms with van der Waals surface area (Å²) in [5.41, 5.74) is 2.71. The fourth-order valence-electron chi connectivity index (χ4n) is 1.46. The predicted octanol–water partition coefficient (Wildman–Crippen LogP) is 2.50. The molecule has 1 aromatic rings. The van der Waals surface area contributed by atoms with Crippen LogP contribution >= 0.6 is 0 Å². The standard InChI is InChI=1S/C13H18O3/c1-4-15-7-8-16-13(14)12-6-5-10(2)9-11(12)3/h5-6,9H,4,7-8H2,1-3H3. The fourth-order valence-corrected chi connectivity index (χ4v) is 1.46. The molecule has 3 heteroatoms. The molecule has 0 aromatic heterocycles. The number of aryl methyl sites for hydroxylation is 2. The third-order valence-electron chi connectivity index (χ3n) is 2.27. The van der Waals surface area contributed by atoms with Crippen molar-refractivity contribution in [1.82, 2.24) is 0 Å². The van der Waals surface area contributed by atoms with Gasteiger partial charge in [-0.25, -0.2) is 4.79 Å². The predicted molar refractivity (Wildman–Crippen MR) is 62.7 cm³/mol. The Morgan fingerprint density at radius 3 is 2.62 bits per heavy atom. The topological polar surface area (TPSA) is 35.5 Å². The molecule has 0 saturated heterocycles. The van der Waals surface area contributed by atoms with Gasteiger partial charge in [-0.3, -0.25) is 0 Å². The summed E-state index contributed by atoms with van der Waals surface area (Å²) in [6.45, 7) is 7.21. The molecule has 0 atom stereocenters. The monoisotopic (exact) mass is 222 g/mol. The molecule has 3 nitrogen and oxygen atoms in total. The van der Waals surface area contributed by atoms with Gasteiger partial charge >= 0.3 is 5.97 Å². The first-order chi connectivity index (χ1) is 7.65. The Morgan fingerprint density at radius 1 is 1.25 bits per heavy atom. The summed E-state index contributed by atoms with van der Waals surface area (Å²) in [7, 11) is 0. The average molecular weight is 222 g/mol. The number of carbonyl (C=O) groups is 1. The summed E-state index contributed by atoms with van der Waals surface area (Å²) < 4.78 is 10.2. The van der Waals surface area contributed by atoms with Crippen LogP contribution in [0.25, 0.3) is 0 Å². The molecule has 16 heavy (non-hydrogen) atoms. The van der Waals surface area contributed by atoms with Gasteiger partial charge in [-0.05, 0) is 32.4 Å². The Kier molecular flexibility index (Phi) is 4.99. The van der Waals surface area contributed by atoms with Gasteiger partial charge < -0.3 is 9.47 Å². The summed E-state index contributed by atoms with van der Waals surface area (Å²) >= 11 is 0. The lowest BCUT2D eigenvalue weighted by Crippen LogP contribution is -2.12. The zero-order chi connectivity index (χ0) is 12.0. The normalized spacial score (nSPS) is 10.2. The third-order valence-corrected chi connectivity index (χ3v) is 2.27. The number of benzene rings is 1. The van der Waals surface area contributed by atoms with E-state index in [4.69, 9.17) is 9.47 Å². The summed E-state index contributed by atoms with van der Waals surface area (Å²) in [4.78, 5) is 11.7. The Bertz CT molecular complexity index is 358. The van der Waals surface area contributed by atoms with E-state index >= 15 is 0 Å². The Labute approximate surface area is 96.4 Å². The molecule has 0 spiro atoms. The number of carbonyl (C=O) groups excluding carboxylic acids is 1. The van der Waals surface area contributed by atoms with Crippen LogP contribution in [0.1, 0.15) is 28.4 Å². The van der Waals surface area contributed by atoms with E-state index < -0.39 is 0 Å². The minimum Gasteiger partial charge on any atom is -0.460 e.